The Hall–Kier alpha value is -5.31. The molecule has 3 heterocycles. The number of carbonyl (C=O) groups is 2. The highest BCUT2D eigenvalue weighted by molar-refractivity contribution is 7.91. The Balaban J connectivity index is 1.13. The van der Waals surface area contributed by atoms with Gasteiger partial charge in [-0.25, -0.2) is 13.4 Å². The van der Waals surface area contributed by atoms with Gasteiger partial charge in [-0.1, -0.05) is 73.7 Å². The van der Waals surface area contributed by atoms with Gasteiger partial charge in [0.25, 0.3) is 11.8 Å². The van der Waals surface area contributed by atoms with E-state index >= 15 is 0 Å². The fourth-order valence-electron chi connectivity index (χ4n) is 6.90. The predicted octanol–water partition coefficient (Wildman–Crippen LogP) is 7.23. The fourth-order valence-corrected chi connectivity index (χ4v) is 10.4. The van der Waals surface area contributed by atoms with Crippen LogP contribution in [0.25, 0.3) is 21.1 Å². The van der Waals surface area contributed by atoms with Crippen molar-refractivity contribution < 1.29 is 23.1 Å². The molecule has 3 aromatic heterocycles. The number of aliphatic hydroxyl groups is 1. The van der Waals surface area contributed by atoms with E-state index in [0.717, 1.165) is 37.1 Å². The SMILES string of the molecule is CC(CNC(CO)c1ccc(N(C)C(=O)C(NC(=O)c2ccccc2)C(c2ccccc2)c2cccc3ncccc23)s1)CS(=O)(=O)c1ccc2ncsc2c1. The minimum absolute atomic E-state index is 0.0686. The van der Waals surface area contributed by atoms with Crippen molar-refractivity contribution >= 4 is 70.4 Å². The Bertz CT molecular complexity index is 2560. The number of thiophene rings is 1. The summed E-state index contributed by atoms with van der Waals surface area (Å²) >= 11 is 2.74. The van der Waals surface area contributed by atoms with Gasteiger partial charge in [0.05, 0.1) is 49.5 Å². The number of sulfone groups is 1. The second-order valence-electron chi connectivity index (χ2n) is 13.7. The summed E-state index contributed by atoms with van der Waals surface area (Å²) in [4.78, 5) is 40.1. The fraction of sp³-hybridized carbons (Fsp3) is 0.209. The summed E-state index contributed by atoms with van der Waals surface area (Å²) in [6, 6.07) is 35.3. The van der Waals surface area contributed by atoms with Gasteiger partial charge in [-0.05, 0) is 78.2 Å². The molecule has 4 unspecified atom stereocenters. The Kier molecular flexibility index (Phi) is 12.0. The summed E-state index contributed by atoms with van der Waals surface area (Å²) in [7, 11) is -1.87. The molecular weight excluding hydrogens is 763 g/mol. The quantitative estimate of drug-likeness (QED) is 0.0987. The molecule has 0 aliphatic rings. The number of likely N-dealkylation sites (N-methyl/N-ethyl adjacent to an activating group) is 1. The lowest BCUT2D eigenvalue weighted by atomic mass is 9.82. The van der Waals surface area contributed by atoms with Crippen LogP contribution in [0.1, 0.15) is 45.2 Å². The van der Waals surface area contributed by atoms with E-state index in [2.05, 4.69) is 20.6 Å². The van der Waals surface area contributed by atoms with Crippen LogP contribution in [0.2, 0.25) is 0 Å². The number of aliphatic hydroxyl groups excluding tert-OH is 1. The minimum atomic E-state index is -3.56. The number of nitrogens with one attached hydrogen (secondary N) is 2. The number of nitrogens with zero attached hydrogens (tertiary/aromatic N) is 3. The highest BCUT2D eigenvalue weighted by atomic mass is 32.2. The number of aromatic nitrogens is 2. The van der Waals surface area contributed by atoms with E-state index in [4.69, 9.17) is 0 Å². The molecule has 0 aliphatic carbocycles. The van der Waals surface area contributed by atoms with Crippen molar-refractivity contribution in [1.29, 1.82) is 0 Å². The van der Waals surface area contributed by atoms with Crippen LogP contribution in [0.5, 0.6) is 0 Å². The molecule has 0 radical (unpaired) electrons. The van der Waals surface area contributed by atoms with Gasteiger partial charge in [0.1, 0.15) is 6.04 Å². The predicted molar refractivity (Wildman–Crippen MR) is 224 cm³/mol. The molecule has 0 aliphatic heterocycles. The molecule has 13 heteroatoms. The number of carbonyl (C=O) groups excluding carboxylic acids is 2. The zero-order valence-electron chi connectivity index (χ0n) is 30.8. The topological polar surface area (TPSA) is 142 Å². The molecule has 0 spiro atoms. The van der Waals surface area contributed by atoms with Gasteiger partial charge in [-0.3, -0.25) is 14.6 Å². The van der Waals surface area contributed by atoms with Crippen molar-refractivity contribution in [3.05, 3.63) is 155 Å². The second kappa shape index (κ2) is 17.2. The normalized spacial score (nSPS) is 13.9. The van der Waals surface area contributed by atoms with Crippen LogP contribution in [-0.2, 0) is 14.6 Å². The Morgan fingerprint density at radius 2 is 1.62 bits per heavy atom. The number of pyridine rings is 1. The number of anilines is 1. The first-order chi connectivity index (χ1) is 27.1. The molecule has 4 aromatic carbocycles. The Labute approximate surface area is 333 Å². The van der Waals surface area contributed by atoms with Crippen LogP contribution in [0.4, 0.5) is 5.00 Å². The number of amides is 2. The number of rotatable bonds is 15. The summed E-state index contributed by atoms with van der Waals surface area (Å²) in [6.45, 7) is 1.96. The summed E-state index contributed by atoms with van der Waals surface area (Å²) in [5.41, 5.74) is 5.36. The first-order valence-corrected chi connectivity index (χ1v) is 21.5. The zero-order chi connectivity index (χ0) is 39.2. The lowest BCUT2D eigenvalue weighted by Crippen LogP contribution is -2.51. The first-order valence-electron chi connectivity index (χ1n) is 18.1. The molecule has 4 atom stereocenters. The molecule has 0 saturated heterocycles. The van der Waals surface area contributed by atoms with Gasteiger partial charge >= 0.3 is 0 Å². The maximum Gasteiger partial charge on any atom is 0.251 e. The Morgan fingerprint density at radius 1 is 0.857 bits per heavy atom. The Morgan fingerprint density at radius 3 is 2.39 bits per heavy atom. The zero-order valence-corrected chi connectivity index (χ0v) is 33.2. The van der Waals surface area contributed by atoms with Crippen molar-refractivity contribution in [3.63, 3.8) is 0 Å². The molecule has 7 aromatic rings. The van der Waals surface area contributed by atoms with E-state index < -0.39 is 27.8 Å². The van der Waals surface area contributed by atoms with Crippen LogP contribution in [0, 0.1) is 5.92 Å². The maximum atomic E-state index is 14.9. The summed E-state index contributed by atoms with van der Waals surface area (Å²) in [6.07, 6.45) is 1.73. The third-order valence-electron chi connectivity index (χ3n) is 9.77. The van der Waals surface area contributed by atoms with Crippen molar-refractivity contribution in [2.24, 2.45) is 5.92 Å². The lowest BCUT2D eigenvalue weighted by Gasteiger charge is -2.31. The van der Waals surface area contributed by atoms with Gasteiger partial charge < -0.3 is 20.6 Å². The van der Waals surface area contributed by atoms with Crippen molar-refractivity contribution in [2.45, 2.75) is 29.8 Å². The standard InChI is InChI=1S/C43H41N5O5S3/c1-28(26-56(52,53)31-18-19-35-38(23-31)54-27-46-35)24-45-36(25-49)37-20-21-39(55-37)48(2)43(51)41(47-42(50)30-13-7-4-8-14-30)40(29-11-5-3-6-12-29)33-15-9-17-34-32(33)16-10-22-44-34/h3-23,27-28,36,40-41,45,49H,24-26H2,1-2H3,(H,47,50). The average Bonchev–Trinajstić information content (AvgIpc) is 3.91. The van der Waals surface area contributed by atoms with Crippen LogP contribution < -0.4 is 15.5 Å². The minimum Gasteiger partial charge on any atom is -0.394 e. The monoisotopic (exact) mass is 803 g/mol. The molecule has 3 N–H and O–H groups in total. The summed E-state index contributed by atoms with van der Waals surface area (Å²) < 4.78 is 27.4. The van der Waals surface area contributed by atoms with Crippen LogP contribution in [0.15, 0.2) is 138 Å². The number of thiazole rings is 1. The molecule has 0 saturated carbocycles. The smallest absolute Gasteiger partial charge is 0.251 e. The van der Waals surface area contributed by atoms with Crippen LogP contribution >= 0.6 is 22.7 Å². The third kappa shape index (κ3) is 8.57. The van der Waals surface area contributed by atoms with E-state index in [-0.39, 0.29) is 35.0 Å². The lowest BCUT2D eigenvalue weighted by molar-refractivity contribution is -0.120. The molecule has 0 bridgehead atoms. The second-order valence-corrected chi connectivity index (χ2v) is 17.7. The van der Waals surface area contributed by atoms with E-state index in [0.29, 0.717) is 17.1 Å². The third-order valence-corrected chi connectivity index (χ3v) is 13.8. The number of hydrogen-bond acceptors (Lipinski definition) is 10. The van der Waals surface area contributed by atoms with Crippen LogP contribution in [0.3, 0.4) is 0 Å². The number of benzene rings is 4. The van der Waals surface area contributed by atoms with Gasteiger partial charge in [-0.15, -0.1) is 22.7 Å². The molecular formula is C43H41N5O5S3. The largest absolute Gasteiger partial charge is 0.394 e. The molecule has 286 valence electrons. The number of hydrogen-bond donors (Lipinski definition) is 3. The van der Waals surface area contributed by atoms with E-state index in [1.54, 1.807) is 66.1 Å². The van der Waals surface area contributed by atoms with E-state index in [1.165, 1.54) is 22.7 Å². The van der Waals surface area contributed by atoms with Crippen LogP contribution in [-0.4, -0.2) is 67.3 Å². The molecule has 56 heavy (non-hydrogen) atoms. The van der Waals surface area contributed by atoms with Gasteiger partial charge in [0.15, 0.2) is 9.84 Å². The van der Waals surface area contributed by atoms with Crippen molar-refractivity contribution in [3.8, 4) is 0 Å². The highest BCUT2D eigenvalue weighted by Crippen LogP contribution is 2.36. The van der Waals surface area contributed by atoms with Gasteiger partial charge in [0.2, 0.25) is 0 Å². The van der Waals surface area contributed by atoms with Crippen molar-refractivity contribution in [1.82, 2.24) is 20.6 Å². The maximum absolute atomic E-state index is 14.9. The molecule has 10 nitrogen and oxygen atoms in total. The first kappa shape index (κ1) is 38.9. The molecule has 7 rings (SSSR count). The number of fused-ring (bicyclic) bond motifs is 2. The van der Waals surface area contributed by atoms with Crippen molar-refractivity contribution in [2.75, 3.05) is 30.9 Å². The highest BCUT2D eigenvalue weighted by Gasteiger charge is 2.36. The van der Waals surface area contributed by atoms with Gasteiger partial charge in [0, 0.05) is 35.0 Å². The van der Waals surface area contributed by atoms with Gasteiger partial charge in [-0.2, -0.15) is 0 Å². The van der Waals surface area contributed by atoms with E-state index in [1.807, 2.05) is 85.8 Å². The summed E-state index contributed by atoms with van der Waals surface area (Å²) in [5.74, 6) is -1.63. The summed E-state index contributed by atoms with van der Waals surface area (Å²) in [5, 5.41) is 18.4. The average molecular weight is 804 g/mol. The molecule has 2 amide bonds. The van der Waals surface area contributed by atoms with E-state index in [9.17, 15) is 23.1 Å². The molecule has 0 fully saturated rings.